The molecule has 1 saturated heterocycles. The number of rotatable bonds is 6. The van der Waals surface area contributed by atoms with Crippen LogP contribution in [-0.2, 0) is 9.59 Å². The van der Waals surface area contributed by atoms with E-state index in [1.54, 1.807) is 18.2 Å². The number of nitrogens with zero attached hydrogens (tertiary/aromatic N) is 2. The first-order valence-electron chi connectivity index (χ1n) is 9.91. The Balaban J connectivity index is 1.71. The fraction of sp³-hybridized carbons (Fsp3) is 0.0870. The van der Waals surface area contributed by atoms with Crippen LogP contribution >= 0.6 is 23.8 Å². The van der Waals surface area contributed by atoms with Gasteiger partial charge in [0.15, 0.2) is 5.11 Å². The zero-order valence-electron chi connectivity index (χ0n) is 18.2. The highest BCUT2D eigenvalue weighted by molar-refractivity contribution is 7.80. The number of carbonyl (C=O) groups excluding carboxylic acids is 2. The van der Waals surface area contributed by atoms with Crippen molar-refractivity contribution in [3.05, 3.63) is 75.0 Å². The molecule has 0 saturated carbocycles. The molecule has 0 radical (unpaired) electrons. The van der Waals surface area contributed by atoms with E-state index in [4.69, 9.17) is 37.7 Å². The maximum Gasteiger partial charge on any atom is 0.270 e. The number of anilines is 1. The smallest absolute Gasteiger partial charge is 0.270 e. The molecule has 2 heterocycles. The Kier molecular flexibility index (Phi) is 6.54. The van der Waals surface area contributed by atoms with Gasteiger partial charge in [-0.3, -0.25) is 25.0 Å². The van der Waals surface area contributed by atoms with Crippen LogP contribution in [0.5, 0.6) is 11.5 Å². The van der Waals surface area contributed by atoms with E-state index in [1.807, 2.05) is 0 Å². The molecule has 10 nitrogen and oxygen atoms in total. The number of non-ortho nitro benzene ring substituents is 1. The number of nitrogens with one attached hydrogen (secondary N) is 1. The minimum Gasteiger partial charge on any atom is -0.497 e. The van der Waals surface area contributed by atoms with Crippen molar-refractivity contribution in [2.24, 2.45) is 0 Å². The van der Waals surface area contributed by atoms with Crippen LogP contribution in [0, 0.1) is 10.1 Å². The van der Waals surface area contributed by atoms with Crippen molar-refractivity contribution in [1.82, 2.24) is 5.32 Å². The number of carbonyl (C=O) groups is 2. The number of thiocarbonyl (C=S) groups is 1. The van der Waals surface area contributed by atoms with Crippen molar-refractivity contribution in [3.8, 4) is 22.8 Å². The lowest BCUT2D eigenvalue weighted by molar-refractivity contribution is -0.384. The maximum absolute atomic E-state index is 13.3. The Hall–Kier alpha value is -4.22. The number of amides is 2. The molecule has 12 heteroatoms. The van der Waals surface area contributed by atoms with E-state index in [0.717, 1.165) is 4.90 Å². The first-order valence-corrected chi connectivity index (χ1v) is 10.7. The summed E-state index contributed by atoms with van der Waals surface area (Å²) in [5.41, 5.74) is 0.177. The highest BCUT2D eigenvalue weighted by Gasteiger charge is 2.36. The summed E-state index contributed by atoms with van der Waals surface area (Å²) < 4.78 is 16.3. The zero-order valence-corrected chi connectivity index (χ0v) is 19.8. The largest absolute Gasteiger partial charge is 0.497 e. The normalized spacial score (nSPS) is 14.8. The van der Waals surface area contributed by atoms with Crippen LogP contribution in [0.2, 0.25) is 5.02 Å². The molecule has 1 aromatic heterocycles. The molecular weight excluding hydrogens is 498 g/mol. The van der Waals surface area contributed by atoms with Crippen molar-refractivity contribution >= 4 is 58.2 Å². The van der Waals surface area contributed by atoms with E-state index in [-0.39, 0.29) is 38.5 Å². The van der Waals surface area contributed by atoms with Gasteiger partial charge in [-0.05, 0) is 48.6 Å². The van der Waals surface area contributed by atoms with Crippen molar-refractivity contribution < 1.29 is 28.4 Å². The van der Waals surface area contributed by atoms with Crippen LogP contribution in [0.25, 0.3) is 17.4 Å². The Morgan fingerprint density at radius 2 is 1.89 bits per heavy atom. The monoisotopic (exact) mass is 513 g/mol. The summed E-state index contributed by atoms with van der Waals surface area (Å²) in [7, 11) is 2.92. The molecule has 1 aliphatic rings. The summed E-state index contributed by atoms with van der Waals surface area (Å²) in [5.74, 6) is -0.239. The van der Waals surface area contributed by atoms with Gasteiger partial charge in [0.25, 0.3) is 17.5 Å². The lowest BCUT2D eigenvalue weighted by Gasteiger charge is -2.29. The Morgan fingerprint density at radius 3 is 2.57 bits per heavy atom. The van der Waals surface area contributed by atoms with Gasteiger partial charge in [0.1, 0.15) is 28.6 Å². The molecule has 1 aliphatic heterocycles. The standard InChI is InChI=1S/C23H16ClN3O7S/c1-32-13-4-7-18(20(11-13)33-2)26-22(29)16(21(28)25-23(26)35)10-14-5-8-19(34-14)15-9-12(27(30)31)3-6-17(15)24/h3-11H,1-2H3,(H,25,28,35)/b16-10+. The van der Waals surface area contributed by atoms with Gasteiger partial charge >= 0.3 is 0 Å². The quantitative estimate of drug-likeness (QED) is 0.169. The maximum atomic E-state index is 13.3. The number of hydrogen-bond acceptors (Lipinski definition) is 8. The number of hydrogen-bond donors (Lipinski definition) is 1. The van der Waals surface area contributed by atoms with E-state index in [0.29, 0.717) is 17.2 Å². The van der Waals surface area contributed by atoms with Crippen molar-refractivity contribution in [3.63, 3.8) is 0 Å². The first-order chi connectivity index (χ1) is 16.7. The molecule has 1 fully saturated rings. The predicted molar refractivity (Wildman–Crippen MR) is 132 cm³/mol. The average Bonchev–Trinajstić information content (AvgIpc) is 3.30. The predicted octanol–water partition coefficient (Wildman–Crippen LogP) is 4.36. The van der Waals surface area contributed by atoms with Gasteiger partial charge < -0.3 is 13.9 Å². The lowest BCUT2D eigenvalue weighted by atomic mass is 10.1. The highest BCUT2D eigenvalue weighted by Crippen LogP contribution is 2.35. The SMILES string of the molecule is COc1ccc(N2C(=O)/C(=C/c3ccc(-c4cc([N+](=O)[O-])ccc4Cl)o3)C(=O)NC2=S)c(OC)c1. The molecule has 178 valence electrons. The summed E-state index contributed by atoms with van der Waals surface area (Å²) in [6.45, 7) is 0. The number of furan rings is 1. The Bertz CT molecular complexity index is 1420. The third-order valence-electron chi connectivity index (χ3n) is 5.07. The summed E-state index contributed by atoms with van der Waals surface area (Å²) in [6.07, 6.45) is 1.25. The molecule has 0 spiro atoms. The van der Waals surface area contributed by atoms with Gasteiger partial charge in [-0.1, -0.05) is 11.6 Å². The molecule has 2 amide bonds. The molecule has 4 rings (SSSR count). The molecule has 0 unspecified atom stereocenters. The second-order valence-electron chi connectivity index (χ2n) is 7.12. The number of nitro groups is 1. The van der Waals surface area contributed by atoms with E-state index >= 15 is 0 Å². The Labute approximate surface area is 208 Å². The van der Waals surface area contributed by atoms with E-state index in [2.05, 4.69) is 5.32 Å². The van der Waals surface area contributed by atoms with Gasteiger partial charge in [0.2, 0.25) is 0 Å². The zero-order chi connectivity index (χ0) is 25.3. The number of benzene rings is 2. The number of methoxy groups -OCH3 is 2. The van der Waals surface area contributed by atoms with Crippen LogP contribution in [0.3, 0.4) is 0 Å². The molecule has 0 atom stereocenters. The van der Waals surface area contributed by atoms with E-state index in [9.17, 15) is 19.7 Å². The molecular formula is C23H16ClN3O7S. The molecule has 0 bridgehead atoms. The van der Waals surface area contributed by atoms with Crippen LogP contribution in [0.15, 0.2) is 58.5 Å². The van der Waals surface area contributed by atoms with Crippen LogP contribution < -0.4 is 19.7 Å². The molecule has 1 N–H and O–H groups in total. The van der Waals surface area contributed by atoms with Crippen molar-refractivity contribution in [2.45, 2.75) is 0 Å². The second kappa shape index (κ2) is 9.57. The minimum absolute atomic E-state index is 0.121. The lowest BCUT2D eigenvalue weighted by Crippen LogP contribution is -2.54. The summed E-state index contributed by atoms with van der Waals surface area (Å²) in [4.78, 5) is 37.6. The van der Waals surface area contributed by atoms with E-state index < -0.39 is 16.7 Å². The summed E-state index contributed by atoms with van der Waals surface area (Å²) >= 11 is 11.4. The highest BCUT2D eigenvalue weighted by atomic mass is 35.5. The number of halogens is 1. The van der Waals surface area contributed by atoms with Crippen LogP contribution in [0.1, 0.15) is 5.76 Å². The van der Waals surface area contributed by atoms with Crippen LogP contribution in [0.4, 0.5) is 11.4 Å². The molecule has 3 aromatic rings. The summed E-state index contributed by atoms with van der Waals surface area (Å²) in [5, 5.41) is 13.7. The molecule has 0 aliphatic carbocycles. The van der Waals surface area contributed by atoms with Crippen molar-refractivity contribution in [2.75, 3.05) is 19.1 Å². The van der Waals surface area contributed by atoms with Gasteiger partial charge in [-0.2, -0.15) is 0 Å². The topological polar surface area (TPSA) is 124 Å². The fourth-order valence-electron chi connectivity index (χ4n) is 3.38. The van der Waals surface area contributed by atoms with Gasteiger partial charge in [0.05, 0.1) is 29.9 Å². The first kappa shape index (κ1) is 23.9. The number of ether oxygens (including phenoxy) is 2. The fourth-order valence-corrected chi connectivity index (χ4v) is 3.86. The third-order valence-corrected chi connectivity index (χ3v) is 5.68. The van der Waals surface area contributed by atoms with Gasteiger partial charge in [-0.15, -0.1) is 0 Å². The molecule has 35 heavy (non-hydrogen) atoms. The molecule has 2 aromatic carbocycles. The Morgan fingerprint density at radius 1 is 1.11 bits per heavy atom. The van der Waals surface area contributed by atoms with Gasteiger partial charge in [0, 0.05) is 23.8 Å². The van der Waals surface area contributed by atoms with Gasteiger partial charge in [-0.25, -0.2) is 4.90 Å². The minimum atomic E-state index is -0.713. The van der Waals surface area contributed by atoms with Crippen molar-refractivity contribution in [1.29, 1.82) is 0 Å². The number of nitro benzene ring substituents is 1. The average molecular weight is 514 g/mol. The summed E-state index contributed by atoms with van der Waals surface area (Å²) in [6, 6.07) is 11.7. The second-order valence-corrected chi connectivity index (χ2v) is 7.91. The van der Waals surface area contributed by atoms with Crippen LogP contribution in [-0.4, -0.2) is 36.1 Å². The van der Waals surface area contributed by atoms with E-state index in [1.165, 1.54) is 50.6 Å². The third kappa shape index (κ3) is 4.59.